The second-order valence-corrected chi connectivity index (χ2v) is 6.18. The number of aryl methyl sites for hydroxylation is 1. The van der Waals surface area contributed by atoms with Crippen molar-refractivity contribution in [3.8, 4) is 11.4 Å². The lowest BCUT2D eigenvalue weighted by Gasteiger charge is -2.09. The second-order valence-electron chi connectivity index (χ2n) is 6.18. The molecule has 6 heteroatoms. The molecule has 2 heterocycles. The smallest absolute Gasteiger partial charge is 0.276 e. The third-order valence-electron chi connectivity index (χ3n) is 4.33. The minimum absolute atomic E-state index is 0.273. The first-order valence-electron chi connectivity index (χ1n) is 8.50. The van der Waals surface area contributed by atoms with Crippen molar-refractivity contribution in [2.45, 2.75) is 6.92 Å². The number of nitrogens with one attached hydrogen (secondary N) is 1. The second kappa shape index (κ2) is 6.92. The normalized spacial score (nSPS) is 10.7. The van der Waals surface area contributed by atoms with Crippen LogP contribution in [0.15, 0.2) is 67.1 Å². The van der Waals surface area contributed by atoms with Crippen LogP contribution < -0.4 is 10.1 Å². The third-order valence-corrected chi connectivity index (χ3v) is 4.33. The van der Waals surface area contributed by atoms with Crippen molar-refractivity contribution in [1.82, 2.24) is 14.8 Å². The van der Waals surface area contributed by atoms with Gasteiger partial charge in [0, 0.05) is 35.1 Å². The van der Waals surface area contributed by atoms with E-state index in [4.69, 9.17) is 4.74 Å². The molecule has 0 spiro atoms. The molecule has 0 aliphatic rings. The largest absolute Gasteiger partial charge is 0.494 e. The Hall–Kier alpha value is -3.67. The van der Waals surface area contributed by atoms with E-state index in [-0.39, 0.29) is 5.91 Å². The zero-order valence-corrected chi connectivity index (χ0v) is 15.0. The van der Waals surface area contributed by atoms with E-state index < -0.39 is 0 Å². The lowest BCUT2D eigenvalue weighted by molar-refractivity contribution is 0.102. The van der Waals surface area contributed by atoms with Crippen molar-refractivity contribution in [1.29, 1.82) is 0 Å². The van der Waals surface area contributed by atoms with Gasteiger partial charge in [0.1, 0.15) is 11.4 Å². The highest BCUT2D eigenvalue weighted by Crippen LogP contribution is 2.25. The maximum atomic E-state index is 12.7. The van der Waals surface area contributed by atoms with E-state index in [0.717, 1.165) is 27.7 Å². The molecule has 1 N–H and O–H groups in total. The number of rotatable bonds is 4. The van der Waals surface area contributed by atoms with Crippen LogP contribution in [0.5, 0.6) is 5.75 Å². The molecule has 4 aromatic rings. The molecule has 0 saturated heterocycles. The molecule has 0 aliphatic heterocycles. The van der Waals surface area contributed by atoms with Gasteiger partial charge < -0.3 is 10.1 Å². The number of methoxy groups -OCH3 is 1. The highest BCUT2D eigenvalue weighted by atomic mass is 16.5. The van der Waals surface area contributed by atoms with Crippen LogP contribution in [0.25, 0.3) is 16.5 Å². The summed E-state index contributed by atoms with van der Waals surface area (Å²) in [6.07, 6.45) is 5.22. The molecule has 2 aromatic heterocycles. The summed E-state index contributed by atoms with van der Waals surface area (Å²) in [5.74, 6) is 0.418. The number of pyridine rings is 1. The Labute approximate surface area is 156 Å². The van der Waals surface area contributed by atoms with Crippen molar-refractivity contribution in [3.05, 3.63) is 78.4 Å². The zero-order chi connectivity index (χ0) is 18.8. The van der Waals surface area contributed by atoms with Crippen molar-refractivity contribution >= 4 is 22.4 Å². The van der Waals surface area contributed by atoms with Crippen molar-refractivity contribution in [3.63, 3.8) is 0 Å². The summed E-state index contributed by atoms with van der Waals surface area (Å²) in [5, 5.41) is 9.25. The molecule has 0 aliphatic carbocycles. The van der Waals surface area contributed by atoms with Gasteiger partial charge in [-0.3, -0.25) is 9.78 Å². The van der Waals surface area contributed by atoms with E-state index in [9.17, 15) is 4.79 Å². The minimum Gasteiger partial charge on any atom is -0.494 e. The van der Waals surface area contributed by atoms with E-state index in [1.807, 2.05) is 49.4 Å². The highest BCUT2D eigenvalue weighted by molar-refractivity contribution is 6.08. The molecule has 1 amide bonds. The average molecular weight is 358 g/mol. The number of carbonyl (C=O) groups excluding carboxylic acids is 1. The summed E-state index contributed by atoms with van der Waals surface area (Å²) >= 11 is 0. The number of anilines is 1. The van der Waals surface area contributed by atoms with Crippen molar-refractivity contribution < 1.29 is 9.53 Å². The number of benzene rings is 2. The first-order chi connectivity index (χ1) is 13.2. The highest BCUT2D eigenvalue weighted by Gasteiger charge is 2.14. The Kier molecular flexibility index (Phi) is 4.30. The number of amides is 1. The fraction of sp³-hybridized carbons (Fsp3) is 0.0952. The molecule has 0 atom stereocenters. The van der Waals surface area contributed by atoms with Gasteiger partial charge in [-0.1, -0.05) is 18.2 Å². The van der Waals surface area contributed by atoms with E-state index in [1.165, 1.54) is 0 Å². The van der Waals surface area contributed by atoms with Crippen LogP contribution in [0.4, 0.5) is 5.69 Å². The topological polar surface area (TPSA) is 69.0 Å². The molecule has 2 aromatic carbocycles. The number of carbonyl (C=O) groups is 1. The molecule has 4 rings (SSSR count). The van der Waals surface area contributed by atoms with Gasteiger partial charge >= 0.3 is 0 Å². The standard InChI is InChI=1S/C21H18N4O2/c1-14-6-7-20(27-2)19(12-14)25-11-9-18(24-25)21(26)23-17-5-3-4-15-13-22-10-8-16(15)17/h3-13H,1-2H3,(H,23,26). The van der Waals surface area contributed by atoms with E-state index in [0.29, 0.717) is 11.4 Å². The lowest BCUT2D eigenvalue weighted by atomic mass is 10.1. The molecular formula is C21H18N4O2. The van der Waals surface area contributed by atoms with Crippen molar-refractivity contribution in [2.24, 2.45) is 0 Å². The van der Waals surface area contributed by atoms with Crippen LogP contribution in [-0.2, 0) is 0 Å². The van der Waals surface area contributed by atoms with Crippen LogP contribution in [0.2, 0.25) is 0 Å². The van der Waals surface area contributed by atoms with Gasteiger partial charge in [0.2, 0.25) is 0 Å². The maximum Gasteiger partial charge on any atom is 0.276 e. The Morgan fingerprint density at radius 2 is 2.04 bits per heavy atom. The molecule has 27 heavy (non-hydrogen) atoms. The van der Waals surface area contributed by atoms with Crippen molar-refractivity contribution in [2.75, 3.05) is 12.4 Å². The van der Waals surface area contributed by atoms with Crippen LogP contribution in [0.1, 0.15) is 16.1 Å². The molecule has 0 fully saturated rings. The van der Waals surface area contributed by atoms with E-state index in [1.54, 1.807) is 36.4 Å². The fourth-order valence-corrected chi connectivity index (χ4v) is 2.98. The van der Waals surface area contributed by atoms with Gasteiger partial charge in [-0.05, 0) is 42.8 Å². The van der Waals surface area contributed by atoms with Gasteiger partial charge in [0.15, 0.2) is 5.69 Å². The molecule has 0 bridgehead atoms. The number of aromatic nitrogens is 3. The van der Waals surface area contributed by atoms with Gasteiger partial charge in [0.25, 0.3) is 5.91 Å². The van der Waals surface area contributed by atoms with Gasteiger partial charge in [-0.25, -0.2) is 4.68 Å². The van der Waals surface area contributed by atoms with Gasteiger partial charge in [-0.2, -0.15) is 5.10 Å². The Balaban J connectivity index is 1.64. The fourth-order valence-electron chi connectivity index (χ4n) is 2.98. The molecule has 0 radical (unpaired) electrons. The first-order valence-corrected chi connectivity index (χ1v) is 8.50. The molecular weight excluding hydrogens is 340 g/mol. The lowest BCUT2D eigenvalue weighted by Crippen LogP contribution is -2.13. The SMILES string of the molecule is COc1ccc(C)cc1-n1ccc(C(=O)Nc2cccc3cnccc23)n1. The monoisotopic (exact) mass is 358 g/mol. The summed E-state index contributed by atoms with van der Waals surface area (Å²) in [4.78, 5) is 16.8. The quantitative estimate of drug-likeness (QED) is 0.599. The van der Waals surface area contributed by atoms with Crippen LogP contribution in [0, 0.1) is 6.92 Å². The summed E-state index contributed by atoms with van der Waals surface area (Å²) in [6, 6.07) is 15.1. The number of nitrogens with zero attached hydrogens (tertiary/aromatic N) is 3. The number of fused-ring (bicyclic) bond motifs is 1. The predicted molar refractivity (Wildman–Crippen MR) is 105 cm³/mol. The van der Waals surface area contributed by atoms with Gasteiger partial charge in [0.05, 0.1) is 7.11 Å². The van der Waals surface area contributed by atoms with Crippen LogP contribution in [-0.4, -0.2) is 27.8 Å². The predicted octanol–water partition coefficient (Wildman–Crippen LogP) is 3.99. The molecule has 6 nitrogen and oxygen atoms in total. The van der Waals surface area contributed by atoms with E-state index in [2.05, 4.69) is 15.4 Å². The average Bonchev–Trinajstić information content (AvgIpc) is 3.18. The summed E-state index contributed by atoms with van der Waals surface area (Å²) < 4.78 is 7.05. The molecule has 0 unspecified atom stereocenters. The minimum atomic E-state index is -0.273. The Morgan fingerprint density at radius 3 is 2.89 bits per heavy atom. The number of ether oxygens (including phenoxy) is 1. The summed E-state index contributed by atoms with van der Waals surface area (Å²) in [7, 11) is 1.61. The Bertz CT molecular complexity index is 1130. The number of hydrogen-bond donors (Lipinski definition) is 1. The maximum absolute atomic E-state index is 12.7. The number of hydrogen-bond acceptors (Lipinski definition) is 4. The van der Waals surface area contributed by atoms with E-state index >= 15 is 0 Å². The summed E-state index contributed by atoms with van der Waals surface area (Å²) in [5.41, 5.74) is 2.91. The Morgan fingerprint density at radius 1 is 1.15 bits per heavy atom. The summed E-state index contributed by atoms with van der Waals surface area (Å²) in [6.45, 7) is 2.00. The molecule has 134 valence electrons. The molecule has 0 saturated carbocycles. The van der Waals surface area contributed by atoms with Crippen LogP contribution >= 0.6 is 0 Å². The third kappa shape index (κ3) is 3.25. The first kappa shape index (κ1) is 16.8. The van der Waals surface area contributed by atoms with Gasteiger partial charge in [-0.15, -0.1) is 0 Å². The zero-order valence-electron chi connectivity index (χ0n) is 15.0. The van der Waals surface area contributed by atoms with Crippen LogP contribution in [0.3, 0.4) is 0 Å².